The first-order valence-corrected chi connectivity index (χ1v) is 9.32. The summed E-state index contributed by atoms with van der Waals surface area (Å²) in [6.45, 7) is 5.64. The highest BCUT2D eigenvalue weighted by atomic mass is 127. The Kier molecular flexibility index (Phi) is 8.46. The van der Waals surface area contributed by atoms with Gasteiger partial charge in [0.05, 0.1) is 6.54 Å². The number of benzene rings is 1. The Morgan fingerprint density at radius 1 is 1.26 bits per heavy atom. The first-order valence-electron chi connectivity index (χ1n) is 9.32. The fourth-order valence-electron chi connectivity index (χ4n) is 3.34. The van der Waals surface area contributed by atoms with E-state index < -0.39 is 0 Å². The Hall–Kier alpha value is -1.71. The van der Waals surface area contributed by atoms with Gasteiger partial charge in [0, 0.05) is 33.1 Å². The first-order chi connectivity index (χ1) is 12.7. The molecule has 0 radical (unpaired) electrons. The molecule has 1 fully saturated rings. The molecule has 0 spiro atoms. The minimum atomic E-state index is 0. The minimum Gasteiger partial charge on any atom is -0.454 e. The lowest BCUT2D eigenvalue weighted by molar-refractivity contribution is -0.121. The van der Waals surface area contributed by atoms with Crippen LogP contribution in [0.15, 0.2) is 23.2 Å². The van der Waals surface area contributed by atoms with Crippen LogP contribution in [-0.2, 0) is 11.3 Å². The molecule has 2 aliphatic heterocycles. The van der Waals surface area contributed by atoms with Crippen LogP contribution in [-0.4, -0.2) is 50.2 Å². The van der Waals surface area contributed by atoms with Crippen LogP contribution in [0.25, 0.3) is 0 Å². The Morgan fingerprint density at radius 2 is 2.00 bits per heavy atom. The molecule has 0 saturated carbocycles. The predicted molar refractivity (Wildman–Crippen MR) is 116 cm³/mol. The van der Waals surface area contributed by atoms with Gasteiger partial charge >= 0.3 is 0 Å². The van der Waals surface area contributed by atoms with Crippen LogP contribution in [0.3, 0.4) is 0 Å². The summed E-state index contributed by atoms with van der Waals surface area (Å²) in [4.78, 5) is 18.6. The summed E-state index contributed by atoms with van der Waals surface area (Å²) in [6, 6.07) is 5.95. The van der Waals surface area contributed by atoms with E-state index >= 15 is 0 Å². The van der Waals surface area contributed by atoms with E-state index in [1.807, 2.05) is 18.2 Å². The van der Waals surface area contributed by atoms with E-state index in [2.05, 4.69) is 22.5 Å². The van der Waals surface area contributed by atoms with Crippen molar-refractivity contribution < 1.29 is 14.3 Å². The van der Waals surface area contributed by atoms with E-state index in [1.165, 1.54) is 0 Å². The number of rotatable bonds is 5. The summed E-state index contributed by atoms with van der Waals surface area (Å²) in [6.07, 6.45) is 2.65. The smallest absolute Gasteiger partial charge is 0.231 e. The molecule has 3 rings (SSSR count). The van der Waals surface area contributed by atoms with Gasteiger partial charge in [-0.2, -0.15) is 0 Å². The van der Waals surface area contributed by atoms with E-state index in [4.69, 9.17) is 14.5 Å². The van der Waals surface area contributed by atoms with Gasteiger partial charge in [-0.1, -0.05) is 6.07 Å². The lowest BCUT2D eigenvalue weighted by Crippen LogP contribution is -2.46. The largest absolute Gasteiger partial charge is 0.454 e. The Labute approximate surface area is 177 Å². The highest BCUT2D eigenvalue weighted by Gasteiger charge is 2.23. The molecule has 0 aromatic heterocycles. The Bertz CT molecular complexity index is 660. The molecular weight excluding hydrogens is 459 g/mol. The SMILES string of the molecule is CCNC(=NCc1ccc2c(c1)OCO2)N1CCC(CC(=O)NC)CC1.I. The van der Waals surface area contributed by atoms with Crippen LogP contribution in [0.1, 0.15) is 31.7 Å². The number of hydrogen-bond acceptors (Lipinski definition) is 4. The van der Waals surface area contributed by atoms with Crippen LogP contribution in [0.5, 0.6) is 11.5 Å². The van der Waals surface area contributed by atoms with Crippen molar-refractivity contribution in [3.63, 3.8) is 0 Å². The molecule has 2 aliphatic rings. The maximum atomic E-state index is 11.6. The first kappa shape index (κ1) is 21.6. The minimum absolute atomic E-state index is 0. The van der Waals surface area contributed by atoms with Crippen molar-refractivity contribution in [2.45, 2.75) is 32.7 Å². The van der Waals surface area contributed by atoms with Crippen molar-refractivity contribution in [1.82, 2.24) is 15.5 Å². The number of piperidine rings is 1. The summed E-state index contributed by atoms with van der Waals surface area (Å²) >= 11 is 0. The van der Waals surface area contributed by atoms with Gasteiger partial charge in [0.15, 0.2) is 17.5 Å². The van der Waals surface area contributed by atoms with E-state index in [9.17, 15) is 4.79 Å². The van der Waals surface area contributed by atoms with E-state index in [1.54, 1.807) is 7.05 Å². The topological polar surface area (TPSA) is 75.2 Å². The summed E-state index contributed by atoms with van der Waals surface area (Å²) < 4.78 is 10.8. The maximum absolute atomic E-state index is 11.6. The number of nitrogens with zero attached hydrogens (tertiary/aromatic N) is 2. The molecule has 1 saturated heterocycles. The van der Waals surface area contributed by atoms with Gasteiger partial charge in [0.25, 0.3) is 0 Å². The number of fused-ring (bicyclic) bond motifs is 1. The summed E-state index contributed by atoms with van der Waals surface area (Å²) in [5.74, 6) is 3.11. The second-order valence-corrected chi connectivity index (χ2v) is 6.67. The third kappa shape index (κ3) is 5.88. The average Bonchev–Trinajstić information content (AvgIpc) is 3.13. The lowest BCUT2D eigenvalue weighted by Gasteiger charge is -2.34. The monoisotopic (exact) mass is 488 g/mol. The number of ether oxygens (including phenoxy) is 2. The average molecular weight is 488 g/mol. The highest BCUT2D eigenvalue weighted by Crippen LogP contribution is 2.32. The molecule has 27 heavy (non-hydrogen) atoms. The second kappa shape index (κ2) is 10.6. The van der Waals surface area contributed by atoms with Gasteiger partial charge in [-0.3, -0.25) is 4.79 Å². The number of amides is 1. The number of halogens is 1. The molecule has 1 amide bonds. The molecule has 8 heteroatoms. The zero-order valence-corrected chi connectivity index (χ0v) is 18.3. The number of likely N-dealkylation sites (tertiary alicyclic amines) is 1. The zero-order valence-electron chi connectivity index (χ0n) is 16.0. The number of aliphatic imine (C=N–C) groups is 1. The molecule has 0 aliphatic carbocycles. The van der Waals surface area contributed by atoms with Gasteiger partial charge in [-0.25, -0.2) is 4.99 Å². The van der Waals surface area contributed by atoms with Gasteiger partial charge in [-0.05, 0) is 43.4 Å². The number of carbonyl (C=O) groups is 1. The summed E-state index contributed by atoms with van der Waals surface area (Å²) in [5.41, 5.74) is 1.10. The molecule has 0 atom stereocenters. The molecule has 150 valence electrons. The molecule has 1 aromatic rings. The zero-order chi connectivity index (χ0) is 18.4. The number of guanidine groups is 1. The normalized spacial score (nSPS) is 16.7. The van der Waals surface area contributed by atoms with Crippen molar-refractivity contribution in [3.8, 4) is 11.5 Å². The maximum Gasteiger partial charge on any atom is 0.231 e. The lowest BCUT2D eigenvalue weighted by atomic mass is 9.93. The summed E-state index contributed by atoms with van der Waals surface area (Å²) in [5, 5.41) is 6.10. The number of hydrogen-bond donors (Lipinski definition) is 2. The van der Waals surface area contributed by atoms with Crippen LogP contribution in [0.4, 0.5) is 0 Å². The van der Waals surface area contributed by atoms with Crippen molar-refractivity contribution in [2.75, 3.05) is 33.5 Å². The van der Waals surface area contributed by atoms with E-state index in [0.717, 1.165) is 55.5 Å². The quantitative estimate of drug-likeness (QED) is 0.378. The number of nitrogens with one attached hydrogen (secondary N) is 2. The molecule has 0 bridgehead atoms. The van der Waals surface area contributed by atoms with Crippen molar-refractivity contribution in [2.24, 2.45) is 10.9 Å². The van der Waals surface area contributed by atoms with Crippen LogP contribution >= 0.6 is 24.0 Å². The summed E-state index contributed by atoms with van der Waals surface area (Å²) in [7, 11) is 1.70. The van der Waals surface area contributed by atoms with Gasteiger partial charge in [0.1, 0.15) is 0 Å². The molecule has 2 N–H and O–H groups in total. The Morgan fingerprint density at radius 3 is 2.70 bits per heavy atom. The van der Waals surface area contributed by atoms with Gasteiger partial charge in [0.2, 0.25) is 12.7 Å². The standard InChI is InChI=1S/C19H28N4O3.HI/c1-3-21-19(23-8-6-14(7-9-23)11-18(24)20-2)22-12-15-4-5-16-17(10-15)26-13-25-16;/h4-5,10,14H,3,6-9,11-13H2,1-2H3,(H,20,24)(H,21,22);1H. The van der Waals surface area contributed by atoms with Gasteiger partial charge < -0.3 is 25.0 Å². The van der Waals surface area contributed by atoms with Gasteiger partial charge in [-0.15, -0.1) is 24.0 Å². The highest BCUT2D eigenvalue weighted by molar-refractivity contribution is 14.0. The third-order valence-corrected chi connectivity index (χ3v) is 4.85. The molecule has 0 unspecified atom stereocenters. The van der Waals surface area contributed by atoms with Crippen LogP contribution in [0.2, 0.25) is 0 Å². The van der Waals surface area contributed by atoms with Crippen LogP contribution < -0.4 is 20.1 Å². The van der Waals surface area contributed by atoms with Crippen LogP contribution in [0, 0.1) is 5.92 Å². The predicted octanol–water partition coefficient (Wildman–Crippen LogP) is 2.35. The van der Waals surface area contributed by atoms with Crippen molar-refractivity contribution in [3.05, 3.63) is 23.8 Å². The molecule has 2 heterocycles. The molecular formula is C19H29IN4O3. The molecule has 1 aromatic carbocycles. The van der Waals surface area contributed by atoms with E-state index in [0.29, 0.717) is 18.9 Å². The Balaban J connectivity index is 0.00000261. The van der Waals surface area contributed by atoms with E-state index in [-0.39, 0.29) is 36.7 Å². The fraction of sp³-hybridized carbons (Fsp3) is 0.579. The second-order valence-electron chi connectivity index (χ2n) is 6.67. The fourth-order valence-corrected chi connectivity index (χ4v) is 3.34. The number of carbonyl (C=O) groups excluding carboxylic acids is 1. The van der Waals surface area contributed by atoms with Crippen molar-refractivity contribution in [1.29, 1.82) is 0 Å². The molecule has 7 nitrogen and oxygen atoms in total. The van der Waals surface area contributed by atoms with Crippen molar-refractivity contribution >= 4 is 35.8 Å². The third-order valence-electron chi connectivity index (χ3n) is 4.85.